The summed E-state index contributed by atoms with van der Waals surface area (Å²) in [6.07, 6.45) is 6.09. The second-order valence-corrected chi connectivity index (χ2v) is 12.8. The van der Waals surface area contributed by atoms with E-state index in [-0.39, 0.29) is 48.8 Å². The number of halogens is 2. The number of aryl methyl sites for hydroxylation is 1. The van der Waals surface area contributed by atoms with Crippen LogP contribution in [0.2, 0.25) is 0 Å². The van der Waals surface area contributed by atoms with Crippen LogP contribution in [0.25, 0.3) is 11.0 Å². The first-order valence-electron chi connectivity index (χ1n) is 15.1. The van der Waals surface area contributed by atoms with Crippen LogP contribution in [0.4, 0.5) is 13.6 Å². The summed E-state index contributed by atoms with van der Waals surface area (Å²) >= 11 is 0. The zero-order valence-corrected chi connectivity index (χ0v) is 26.8. The van der Waals surface area contributed by atoms with Crippen molar-refractivity contribution in [1.29, 1.82) is 0 Å². The fourth-order valence-electron chi connectivity index (χ4n) is 6.14. The summed E-state index contributed by atoms with van der Waals surface area (Å²) in [5.74, 6) is -0.344. The van der Waals surface area contributed by atoms with Gasteiger partial charge in [-0.2, -0.15) is 8.78 Å². The normalized spacial score (nSPS) is 27.9. The number of fused-ring (bicyclic) bond motifs is 5. The molecule has 6 atom stereocenters. The smallest absolute Gasteiger partial charge is 0.408 e. The third-order valence-corrected chi connectivity index (χ3v) is 8.61. The maximum absolute atomic E-state index is 14.0. The Morgan fingerprint density at radius 3 is 2.57 bits per heavy atom. The van der Waals surface area contributed by atoms with Gasteiger partial charge in [0.2, 0.25) is 11.8 Å². The minimum atomic E-state index is -2.98. The van der Waals surface area contributed by atoms with Crippen molar-refractivity contribution in [3.8, 4) is 11.6 Å². The second-order valence-electron chi connectivity index (χ2n) is 12.8. The molecule has 1 aromatic heterocycles. The molecule has 2 aromatic rings. The molecule has 0 unspecified atom stereocenters. The molecular formula is C31H39F2N4O6V-. The topological polar surface area (TPSA) is 120 Å². The van der Waals surface area contributed by atoms with Crippen molar-refractivity contribution < 1.29 is 55.9 Å². The first-order valence-corrected chi connectivity index (χ1v) is 15.1. The van der Waals surface area contributed by atoms with E-state index in [1.807, 2.05) is 34.0 Å². The molecule has 10 nitrogen and oxygen atoms in total. The molecule has 1 N–H and O–H groups in total. The van der Waals surface area contributed by atoms with Gasteiger partial charge >= 0.3 is 12.7 Å². The molecule has 44 heavy (non-hydrogen) atoms. The number of carbonyl (C=O) groups is 2. The van der Waals surface area contributed by atoms with Gasteiger partial charge in [0.05, 0.1) is 17.6 Å². The maximum atomic E-state index is 14.0. The van der Waals surface area contributed by atoms with Crippen LogP contribution in [-0.4, -0.2) is 70.6 Å². The van der Waals surface area contributed by atoms with E-state index in [0.717, 1.165) is 32.1 Å². The number of carbonyl (C=O) groups excluding carboxylic acids is 3. The Morgan fingerprint density at radius 2 is 1.89 bits per heavy atom. The molecule has 2 fully saturated rings. The summed E-state index contributed by atoms with van der Waals surface area (Å²) in [4.78, 5) is 50.0. The van der Waals surface area contributed by atoms with Crippen LogP contribution >= 0.6 is 0 Å². The van der Waals surface area contributed by atoms with Crippen LogP contribution < -0.4 is 14.8 Å². The van der Waals surface area contributed by atoms with Crippen LogP contribution in [0, 0.1) is 17.3 Å². The maximum Gasteiger partial charge on any atom is 0.408 e. The summed E-state index contributed by atoms with van der Waals surface area (Å²) in [7, 11) is 0. The van der Waals surface area contributed by atoms with Gasteiger partial charge in [-0.25, -0.2) is 21.0 Å². The summed E-state index contributed by atoms with van der Waals surface area (Å²) in [5, 5.41) is 2.77. The number of hydrogen-bond donors (Lipinski definition) is 1. The number of nitrogens with zero attached hydrogens (tertiary/aromatic N) is 3. The number of hydrogen-bond acceptors (Lipinski definition) is 8. The Balaban J connectivity index is 0.00000442. The largest absolute Gasteiger partial charge is 0.540 e. The van der Waals surface area contributed by atoms with E-state index >= 15 is 0 Å². The van der Waals surface area contributed by atoms with Gasteiger partial charge in [0, 0.05) is 24.6 Å². The number of alkyl carbamates (subject to hydrolysis) is 1. The Bertz CT molecular complexity index is 1360. The molecule has 0 spiro atoms. The van der Waals surface area contributed by atoms with Gasteiger partial charge in [-0.1, -0.05) is 53.0 Å². The van der Waals surface area contributed by atoms with Crippen LogP contribution in [-0.2, 0) is 39.3 Å². The molecule has 1 radical (unpaired) electrons. The summed E-state index contributed by atoms with van der Waals surface area (Å²) in [6.45, 7) is 4.50. The van der Waals surface area contributed by atoms with Crippen molar-refractivity contribution in [3.63, 3.8) is 0 Å². The summed E-state index contributed by atoms with van der Waals surface area (Å²) in [5.41, 5.74) is 0.784. The molecule has 1 saturated heterocycles. The Hall–Kier alpha value is -2.99. The van der Waals surface area contributed by atoms with Crippen LogP contribution in [0.1, 0.15) is 71.9 Å². The number of aromatic nitrogens is 2. The van der Waals surface area contributed by atoms with Crippen molar-refractivity contribution in [2.75, 3.05) is 6.54 Å². The first-order chi connectivity index (χ1) is 20.5. The van der Waals surface area contributed by atoms with E-state index in [4.69, 9.17) is 14.5 Å². The predicted molar refractivity (Wildman–Crippen MR) is 152 cm³/mol. The van der Waals surface area contributed by atoms with Crippen molar-refractivity contribution >= 4 is 29.3 Å². The molecule has 5 rings (SSSR count). The molecule has 239 valence electrons. The van der Waals surface area contributed by atoms with Gasteiger partial charge in [0.25, 0.3) is 0 Å². The van der Waals surface area contributed by atoms with E-state index < -0.39 is 48.1 Å². The number of benzene rings is 1. The molecule has 1 aromatic carbocycles. The molecule has 2 aliphatic heterocycles. The third kappa shape index (κ3) is 7.62. The molecule has 3 aliphatic rings. The van der Waals surface area contributed by atoms with E-state index in [0.29, 0.717) is 29.6 Å². The summed E-state index contributed by atoms with van der Waals surface area (Å²) < 4.78 is 42.4. The monoisotopic (exact) mass is 652 g/mol. The van der Waals surface area contributed by atoms with E-state index in [2.05, 4.69) is 15.0 Å². The fraction of sp³-hybridized carbons (Fsp3) is 0.645. The molecule has 13 heteroatoms. The first kappa shape index (κ1) is 33.9. The fourth-order valence-corrected chi connectivity index (χ4v) is 6.14. The molecule has 1 aliphatic carbocycles. The average molecular weight is 653 g/mol. The average Bonchev–Trinajstić information content (AvgIpc) is 3.57. The quantitative estimate of drug-likeness (QED) is 0.460. The molecule has 3 heterocycles. The van der Waals surface area contributed by atoms with E-state index in [1.54, 1.807) is 6.07 Å². The number of nitrogens with one attached hydrogen (secondary N) is 1. The van der Waals surface area contributed by atoms with Gasteiger partial charge in [0.15, 0.2) is 0 Å². The van der Waals surface area contributed by atoms with Crippen LogP contribution in [0.15, 0.2) is 18.2 Å². The van der Waals surface area contributed by atoms with Gasteiger partial charge in [-0.05, 0) is 55.1 Å². The van der Waals surface area contributed by atoms with Crippen molar-refractivity contribution in [3.05, 3.63) is 23.9 Å². The van der Waals surface area contributed by atoms with Gasteiger partial charge in [-0.3, -0.25) is 4.79 Å². The Kier molecular flexibility index (Phi) is 10.8. The van der Waals surface area contributed by atoms with Crippen LogP contribution in [0.3, 0.4) is 0 Å². The third-order valence-electron chi connectivity index (χ3n) is 8.61. The zero-order valence-electron chi connectivity index (χ0n) is 25.4. The number of ether oxygens (including phenoxy) is 3. The second kappa shape index (κ2) is 14.0. The number of rotatable bonds is 4. The van der Waals surface area contributed by atoms with Gasteiger partial charge in [-0.15, -0.1) is 0 Å². The SMILES string of the molecule is CC[C@@H]1[C@@H]2CN(C(=O)[C@H](C(C)(C)C)NC(=O)O[C@@H]3C[C@H]3CCCCCc3nc4ccc(OC(F)F)cc4nc3O2)[C@@H]1[C-]=O.[V]. The molecule has 1 saturated carbocycles. The van der Waals surface area contributed by atoms with Crippen molar-refractivity contribution in [1.82, 2.24) is 20.2 Å². The minimum absolute atomic E-state index is 0. The van der Waals surface area contributed by atoms with Crippen molar-refractivity contribution in [2.24, 2.45) is 17.3 Å². The predicted octanol–water partition coefficient (Wildman–Crippen LogP) is 4.97. The summed E-state index contributed by atoms with van der Waals surface area (Å²) in [6, 6.07) is 2.55. The van der Waals surface area contributed by atoms with Crippen LogP contribution in [0.5, 0.6) is 11.6 Å². The van der Waals surface area contributed by atoms with E-state index in [1.165, 1.54) is 17.0 Å². The molecule has 2 amide bonds. The van der Waals surface area contributed by atoms with E-state index in [9.17, 15) is 23.2 Å². The van der Waals surface area contributed by atoms with Crippen molar-refractivity contribution in [2.45, 2.75) is 104 Å². The Labute approximate surface area is 267 Å². The molecule has 2 bridgehead atoms. The van der Waals surface area contributed by atoms with Gasteiger partial charge < -0.3 is 29.2 Å². The number of amides is 2. The standard InChI is InChI=1S/C31H39F2N4O6.V/c1-5-19-23(16-38)37-15-25(19)42-27-21(34-20-12-11-18(41-29(32)33)14-22(20)35-27)10-8-6-7-9-17-13-24(17)43-30(40)36-26(28(37)39)31(2,3)4;/h11-12,14,17,19,23-26,29H,5-10,13,15H2,1-4H3,(H,36,40);/q-1;/t17-,19+,23-,24-,25+,26-;/m1./s1. The Morgan fingerprint density at radius 1 is 1.11 bits per heavy atom. The zero-order chi connectivity index (χ0) is 30.9. The number of alkyl halides is 2. The minimum Gasteiger partial charge on any atom is -0.540 e. The van der Waals surface area contributed by atoms with Gasteiger partial charge in [0.1, 0.15) is 29.7 Å². The molecular weight excluding hydrogens is 613 g/mol.